The van der Waals surface area contributed by atoms with Crippen LogP contribution in [0.5, 0.6) is 5.75 Å². The van der Waals surface area contributed by atoms with Crippen LogP contribution in [-0.4, -0.2) is 17.2 Å². The summed E-state index contributed by atoms with van der Waals surface area (Å²) in [4.78, 5) is 3.94. The molecule has 1 aromatic carbocycles. The molecule has 1 N–H and O–H groups in total. The lowest BCUT2D eigenvalue weighted by Gasteiger charge is -2.15. The second-order valence-corrected chi connectivity index (χ2v) is 4.51. The number of methoxy groups -OCH3 is 1. The summed E-state index contributed by atoms with van der Waals surface area (Å²) >= 11 is 11.8. The van der Waals surface area contributed by atoms with Gasteiger partial charge in [0.2, 0.25) is 0 Å². The molecule has 0 aliphatic carbocycles. The summed E-state index contributed by atoms with van der Waals surface area (Å²) in [6.07, 6.45) is 2.31. The maximum Gasteiger partial charge on any atom is 0.143 e. The number of aliphatic hydroxyl groups excluding tert-OH is 1. The highest BCUT2D eigenvalue weighted by Gasteiger charge is 2.16. The SMILES string of the molecule is COc1cnccc1C(O)c1ccc(Cl)c(Cl)c1. The second kappa shape index (κ2) is 5.57. The first-order valence-electron chi connectivity index (χ1n) is 5.24. The fourth-order valence-electron chi connectivity index (χ4n) is 1.65. The largest absolute Gasteiger partial charge is 0.495 e. The standard InChI is InChI=1S/C13H11Cl2NO2/c1-18-12-7-16-5-4-9(12)13(17)8-2-3-10(14)11(15)6-8/h2-7,13,17H,1H3. The monoisotopic (exact) mass is 283 g/mol. The van der Waals surface area contributed by atoms with Crippen molar-refractivity contribution in [2.75, 3.05) is 7.11 Å². The summed E-state index contributed by atoms with van der Waals surface area (Å²) in [5, 5.41) is 11.2. The Kier molecular flexibility index (Phi) is 4.07. The zero-order valence-corrected chi connectivity index (χ0v) is 11.1. The van der Waals surface area contributed by atoms with Gasteiger partial charge in [0.1, 0.15) is 11.9 Å². The van der Waals surface area contributed by atoms with Crippen molar-refractivity contribution in [1.29, 1.82) is 0 Å². The zero-order chi connectivity index (χ0) is 13.1. The molecule has 0 spiro atoms. The smallest absolute Gasteiger partial charge is 0.143 e. The highest BCUT2D eigenvalue weighted by Crippen LogP contribution is 2.32. The van der Waals surface area contributed by atoms with Crippen molar-refractivity contribution in [3.63, 3.8) is 0 Å². The number of nitrogens with zero attached hydrogens (tertiary/aromatic N) is 1. The molecule has 1 atom stereocenters. The van der Waals surface area contributed by atoms with Crippen LogP contribution in [-0.2, 0) is 0 Å². The summed E-state index contributed by atoms with van der Waals surface area (Å²) in [5.41, 5.74) is 1.28. The van der Waals surface area contributed by atoms with Gasteiger partial charge in [-0.15, -0.1) is 0 Å². The first-order chi connectivity index (χ1) is 8.63. The predicted octanol–water partition coefficient (Wildman–Crippen LogP) is 3.48. The highest BCUT2D eigenvalue weighted by molar-refractivity contribution is 6.42. The number of pyridine rings is 1. The van der Waals surface area contributed by atoms with Gasteiger partial charge >= 0.3 is 0 Å². The normalized spacial score (nSPS) is 12.2. The molecule has 0 fully saturated rings. The minimum atomic E-state index is -0.835. The minimum absolute atomic E-state index is 0.404. The van der Waals surface area contributed by atoms with Crippen LogP contribution in [0.4, 0.5) is 0 Å². The lowest BCUT2D eigenvalue weighted by Crippen LogP contribution is -2.02. The van der Waals surface area contributed by atoms with Crippen LogP contribution in [0.3, 0.4) is 0 Å². The summed E-state index contributed by atoms with van der Waals surface area (Å²) in [6.45, 7) is 0. The minimum Gasteiger partial charge on any atom is -0.495 e. The van der Waals surface area contributed by atoms with Crippen molar-refractivity contribution in [3.05, 3.63) is 57.8 Å². The van der Waals surface area contributed by atoms with Crippen molar-refractivity contribution in [1.82, 2.24) is 4.98 Å². The average Bonchev–Trinajstić information content (AvgIpc) is 2.41. The van der Waals surface area contributed by atoms with E-state index in [1.54, 1.807) is 36.7 Å². The number of benzene rings is 1. The number of aromatic nitrogens is 1. The number of halogens is 2. The molecule has 1 aromatic heterocycles. The lowest BCUT2D eigenvalue weighted by atomic mass is 10.0. The van der Waals surface area contributed by atoms with E-state index in [0.29, 0.717) is 26.9 Å². The molecule has 3 nitrogen and oxygen atoms in total. The molecule has 1 unspecified atom stereocenters. The van der Waals surface area contributed by atoms with Gasteiger partial charge in [0.25, 0.3) is 0 Å². The fraction of sp³-hybridized carbons (Fsp3) is 0.154. The topological polar surface area (TPSA) is 42.4 Å². The average molecular weight is 284 g/mol. The number of aliphatic hydroxyl groups is 1. The number of hydrogen-bond donors (Lipinski definition) is 1. The van der Waals surface area contributed by atoms with Crippen LogP contribution >= 0.6 is 23.2 Å². The van der Waals surface area contributed by atoms with Crippen LogP contribution in [0.15, 0.2) is 36.7 Å². The Hall–Kier alpha value is -1.29. The Morgan fingerprint density at radius 2 is 2.00 bits per heavy atom. The third kappa shape index (κ3) is 2.58. The summed E-state index contributed by atoms with van der Waals surface area (Å²) < 4.78 is 5.16. The van der Waals surface area contributed by atoms with E-state index in [9.17, 15) is 5.11 Å². The van der Waals surface area contributed by atoms with Crippen molar-refractivity contribution in [3.8, 4) is 5.75 Å². The maximum atomic E-state index is 10.3. The van der Waals surface area contributed by atoms with Crippen molar-refractivity contribution in [2.24, 2.45) is 0 Å². The van der Waals surface area contributed by atoms with Gasteiger partial charge in [0.15, 0.2) is 0 Å². The van der Waals surface area contributed by atoms with Crippen LogP contribution in [0.2, 0.25) is 10.0 Å². The number of hydrogen-bond acceptors (Lipinski definition) is 3. The quantitative estimate of drug-likeness (QED) is 0.938. The molecule has 1 heterocycles. The van der Waals surface area contributed by atoms with Gasteiger partial charge in [-0.1, -0.05) is 29.3 Å². The molecule has 2 aromatic rings. The van der Waals surface area contributed by atoms with E-state index < -0.39 is 6.10 Å². The molecule has 0 saturated carbocycles. The van der Waals surface area contributed by atoms with Crippen LogP contribution < -0.4 is 4.74 Å². The van der Waals surface area contributed by atoms with Crippen LogP contribution in [0.1, 0.15) is 17.2 Å². The molecule has 94 valence electrons. The van der Waals surface area contributed by atoms with Crippen LogP contribution in [0.25, 0.3) is 0 Å². The molecule has 18 heavy (non-hydrogen) atoms. The van der Waals surface area contributed by atoms with Crippen molar-refractivity contribution >= 4 is 23.2 Å². The highest BCUT2D eigenvalue weighted by atomic mass is 35.5. The molecule has 0 saturated heterocycles. The Balaban J connectivity index is 2.41. The number of ether oxygens (including phenoxy) is 1. The first-order valence-corrected chi connectivity index (χ1v) is 6.00. The molecule has 2 rings (SSSR count). The summed E-state index contributed by atoms with van der Waals surface area (Å²) in [6, 6.07) is 6.70. The first kappa shape index (κ1) is 13.1. The molecule has 0 amide bonds. The van der Waals surface area contributed by atoms with Crippen LogP contribution in [0, 0.1) is 0 Å². The number of rotatable bonds is 3. The molecule has 0 bridgehead atoms. The fourth-order valence-corrected chi connectivity index (χ4v) is 1.96. The van der Waals surface area contributed by atoms with Gasteiger partial charge in [-0.05, 0) is 23.8 Å². The van der Waals surface area contributed by atoms with Gasteiger partial charge in [-0.25, -0.2) is 0 Å². The van der Waals surface area contributed by atoms with E-state index in [0.717, 1.165) is 0 Å². The van der Waals surface area contributed by atoms with Crippen molar-refractivity contribution in [2.45, 2.75) is 6.10 Å². The van der Waals surface area contributed by atoms with Gasteiger partial charge in [-0.3, -0.25) is 4.98 Å². The van der Waals surface area contributed by atoms with Gasteiger partial charge in [-0.2, -0.15) is 0 Å². The third-order valence-corrected chi connectivity index (χ3v) is 3.33. The van der Waals surface area contributed by atoms with E-state index in [4.69, 9.17) is 27.9 Å². The maximum absolute atomic E-state index is 10.3. The zero-order valence-electron chi connectivity index (χ0n) is 9.60. The van der Waals surface area contributed by atoms with E-state index >= 15 is 0 Å². The van der Waals surface area contributed by atoms with E-state index in [1.807, 2.05) is 0 Å². The lowest BCUT2D eigenvalue weighted by molar-refractivity contribution is 0.214. The molecule has 5 heteroatoms. The Bertz CT molecular complexity index is 560. The Morgan fingerprint density at radius 3 is 2.67 bits per heavy atom. The molecule has 0 aliphatic heterocycles. The van der Waals surface area contributed by atoms with Gasteiger partial charge in [0, 0.05) is 11.8 Å². The summed E-state index contributed by atoms with van der Waals surface area (Å²) in [7, 11) is 1.53. The molecule has 0 radical (unpaired) electrons. The van der Waals surface area contributed by atoms with E-state index in [1.165, 1.54) is 7.11 Å². The van der Waals surface area contributed by atoms with Gasteiger partial charge in [0.05, 0.1) is 23.4 Å². The molecular weight excluding hydrogens is 273 g/mol. The van der Waals surface area contributed by atoms with Gasteiger partial charge < -0.3 is 9.84 Å². The van der Waals surface area contributed by atoms with E-state index in [2.05, 4.69) is 4.98 Å². The Labute approximate surface area is 115 Å². The second-order valence-electron chi connectivity index (χ2n) is 3.69. The molecular formula is C13H11Cl2NO2. The van der Waals surface area contributed by atoms with E-state index in [-0.39, 0.29) is 0 Å². The Morgan fingerprint density at radius 1 is 1.22 bits per heavy atom. The molecule has 0 aliphatic rings. The predicted molar refractivity (Wildman–Crippen MR) is 71.3 cm³/mol. The summed E-state index contributed by atoms with van der Waals surface area (Å²) in [5.74, 6) is 0.524. The van der Waals surface area contributed by atoms with Crippen molar-refractivity contribution < 1.29 is 9.84 Å². The third-order valence-electron chi connectivity index (χ3n) is 2.59.